The third-order valence-electron chi connectivity index (χ3n) is 3.29. The fraction of sp³-hybridized carbons (Fsp3) is 0.917. The average Bonchev–Trinajstić information content (AvgIpc) is 2.18. The molecule has 0 aromatic carbocycles. The lowest BCUT2D eigenvalue weighted by atomic mass is 9.77. The molecule has 0 heterocycles. The number of hydrogen-bond donors (Lipinski definition) is 0. The maximum atomic E-state index is 11.9. The van der Waals surface area contributed by atoms with Crippen LogP contribution in [0, 0.1) is 16.7 Å². The molecule has 1 saturated carbocycles. The van der Waals surface area contributed by atoms with Crippen molar-refractivity contribution in [3.8, 4) is 6.07 Å². The minimum atomic E-state index is -0.692. The molecule has 1 aliphatic carbocycles. The van der Waals surface area contributed by atoms with Crippen molar-refractivity contribution in [3.63, 3.8) is 0 Å². The quantitative estimate of drug-likeness (QED) is 0.693. The topological polar surface area (TPSA) is 40.9 Å². The molecule has 0 spiro atoms. The van der Waals surface area contributed by atoms with Crippen LogP contribution in [0.15, 0.2) is 0 Å². The predicted molar refractivity (Wildman–Crippen MR) is 63.9 cm³/mol. The van der Waals surface area contributed by atoms with Crippen LogP contribution in [0.4, 0.5) is 0 Å². The van der Waals surface area contributed by atoms with Crippen LogP contribution < -0.4 is 0 Å². The maximum absolute atomic E-state index is 11.9. The Morgan fingerprint density at radius 1 is 1.40 bits per heavy atom. The summed E-state index contributed by atoms with van der Waals surface area (Å²) in [5.74, 6) is 0.721. The van der Waals surface area contributed by atoms with Crippen LogP contribution in [0.2, 0.25) is 0 Å². The molecule has 1 aliphatic rings. The highest BCUT2D eigenvalue weighted by molar-refractivity contribution is 7.85. The first-order chi connectivity index (χ1) is 7.05. The summed E-state index contributed by atoms with van der Waals surface area (Å²) in [6.07, 6.45) is 5.94. The van der Waals surface area contributed by atoms with Gasteiger partial charge < -0.3 is 0 Å². The van der Waals surface area contributed by atoms with Gasteiger partial charge >= 0.3 is 0 Å². The van der Waals surface area contributed by atoms with E-state index in [1.165, 1.54) is 12.8 Å². The van der Waals surface area contributed by atoms with Gasteiger partial charge in [0, 0.05) is 28.2 Å². The van der Waals surface area contributed by atoms with Crippen LogP contribution in [0.3, 0.4) is 0 Å². The minimum Gasteiger partial charge on any atom is -0.259 e. The molecule has 1 atom stereocenters. The van der Waals surface area contributed by atoms with Crippen molar-refractivity contribution in [1.29, 1.82) is 5.26 Å². The Balaban J connectivity index is 2.28. The third-order valence-corrected chi connectivity index (χ3v) is 5.20. The highest BCUT2D eigenvalue weighted by atomic mass is 32.2. The van der Waals surface area contributed by atoms with Crippen molar-refractivity contribution < 1.29 is 4.21 Å². The van der Waals surface area contributed by atoms with Gasteiger partial charge in [-0.3, -0.25) is 4.21 Å². The van der Waals surface area contributed by atoms with E-state index in [9.17, 15) is 4.21 Å². The molecule has 1 fully saturated rings. The fourth-order valence-corrected chi connectivity index (χ4v) is 3.62. The van der Waals surface area contributed by atoms with Crippen molar-refractivity contribution >= 4 is 10.8 Å². The number of nitrogens with zero attached hydrogens (tertiary/aromatic N) is 1. The van der Waals surface area contributed by atoms with Crippen molar-refractivity contribution in [2.75, 3.05) is 5.75 Å². The second-order valence-corrected chi connectivity index (χ2v) is 7.05. The Bertz CT molecular complexity index is 257. The van der Waals surface area contributed by atoms with Gasteiger partial charge in [0.2, 0.25) is 0 Å². The lowest BCUT2D eigenvalue weighted by molar-refractivity contribution is 0.248. The Kier molecular flexibility index (Phi) is 4.79. The Hall–Kier alpha value is -0.360. The van der Waals surface area contributed by atoms with E-state index >= 15 is 0 Å². The van der Waals surface area contributed by atoms with Gasteiger partial charge in [-0.1, -0.05) is 13.8 Å². The molecule has 0 bridgehead atoms. The van der Waals surface area contributed by atoms with E-state index < -0.39 is 10.8 Å². The molecule has 3 heteroatoms. The molecule has 0 unspecified atom stereocenters. The van der Waals surface area contributed by atoms with E-state index in [2.05, 4.69) is 19.9 Å². The van der Waals surface area contributed by atoms with E-state index in [4.69, 9.17) is 5.26 Å². The fourth-order valence-electron chi connectivity index (χ4n) is 2.10. The molecular formula is C12H21NOS. The summed E-state index contributed by atoms with van der Waals surface area (Å²) >= 11 is 0. The molecule has 0 amide bonds. The van der Waals surface area contributed by atoms with Gasteiger partial charge in [-0.2, -0.15) is 5.26 Å². The molecule has 15 heavy (non-hydrogen) atoms. The van der Waals surface area contributed by atoms with Crippen molar-refractivity contribution in [2.45, 2.75) is 57.6 Å². The molecular weight excluding hydrogens is 206 g/mol. The SMILES string of the molecule is CC1(C)CCC([S@](=O)CCCC#N)CC1. The average molecular weight is 227 g/mol. The van der Waals surface area contributed by atoms with Crippen LogP contribution in [0.25, 0.3) is 0 Å². The van der Waals surface area contributed by atoms with Gasteiger partial charge in [-0.25, -0.2) is 0 Å². The number of unbranched alkanes of at least 4 members (excludes halogenated alkanes) is 1. The molecule has 86 valence electrons. The normalized spacial score (nSPS) is 23.3. The standard InChI is InChI=1S/C12H21NOS/c1-12(2)7-5-11(6-8-12)15(14)10-4-3-9-13/h11H,3-8,10H2,1-2H3/t15-/m1/s1. The van der Waals surface area contributed by atoms with Crippen molar-refractivity contribution in [1.82, 2.24) is 0 Å². The zero-order valence-corrected chi connectivity index (χ0v) is 10.6. The van der Waals surface area contributed by atoms with Crippen LogP contribution in [0.5, 0.6) is 0 Å². The largest absolute Gasteiger partial charge is 0.259 e. The Morgan fingerprint density at radius 2 is 2.00 bits per heavy atom. The molecule has 0 radical (unpaired) electrons. The lowest BCUT2D eigenvalue weighted by Gasteiger charge is -2.33. The lowest BCUT2D eigenvalue weighted by Crippen LogP contribution is -2.28. The van der Waals surface area contributed by atoms with Gasteiger partial charge in [0.1, 0.15) is 0 Å². The van der Waals surface area contributed by atoms with E-state index in [-0.39, 0.29) is 0 Å². The van der Waals surface area contributed by atoms with Crippen molar-refractivity contribution in [3.05, 3.63) is 0 Å². The second kappa shape index (κ2) is 5.65. The summed E-state index contributed by atoms with van der Waals surface area (Å²) in [7, 11) is -0.692. The van der Waals surface area contributed by atoms with Crippen molar-refractivity contribution in [2.24, 2.45) is 5.41 Å². The van der Waals surface area contributed by atoms with Gasteiger partial charge in [-0.05, 0) is 37.5 Å². The summed E-state index contributed by atoms with van der Waals surface area (Å²) in [5.41, 5.74) is 0.452. The van der Waals surface area contributed by atoms with E-state index in [0.29, 0.717) is 17.1 Å². The highest BCUT2D eigenvalue weighted by Crippen LogP contribution is 2.36. The first-order valence-electron chi connectivity index (χ1n) is 5.79. The summed E-state index contributed by atoms with van der Waals surface area (Å²) in [5, 5.41) is 8.81. The van der Waals surface area contributed by atoms with Crippen LogP contribution in [0.1, 0.15) is 52.4 Å². The zero-order valence-electron chi connectivity index (χ0n) is 9.79. The van der Waals surface area contributed by atoms with Gasteiger partial charge in [0.25, 0.3) is 0 Å². The van der Waals surface area contributed by atoms with Gasteiger partial charge in [0.15, 0.2) is 0 Å². The summed E-state index contributed by atoms with van der Waals surface area (Å²) in [6, 6.07) is 2.10. The molecule has 0 saturated heterocycles. The number of rotatable bonds is 4. The Labute approximate surface area is 95.5 Å². The number of nitriles is 1. The van der Waals surface area contributed by atoms with E-state index in [1.807, 2.05) is 0 Å². The van der Waals surface area contributed by atoms with Crippen LogP contribution in [-0.4, -0.2) is 15.2 Å². The highest BCUT2D eigenvalue weighted by Gasteiger charge is 2.29. The smallest absolute Gasteiger partial charge is 0.0622 e. The first-order valence-corrected chi connectivity index (χ1v) is 7.17. The minimum absolute atomic E-state index is 0.400. The first kappa shape index (κ1) is 12.7. The van der Waals surface area contributed by atoms with Gasteiger partial charge in [-0.15, -0.1) is 0 Å². The molecule has 0 aromatic heterocycles. The summed E-state index contributed by atoms with van der Waals surface area (Å²) in [4.78, 5) is 0. The number of hydrogen-bond acceptors (Lipinski definition) is 2. The molecule has 1 rings (SSSR count). The van der Waals surface area contributed by atoms with E-state index in [0.717, 1.165) is 25.0 Å². The predicted octanol–water partition coefficient (Wildman–Crippen LogP) is 3.01. The molecule has 0 aromatic rings. The maximum Gasteiger partial charge on any atom is 0.0622 e. The third kappa shape index (κ3) is 4.34. The van der Waals surface area contributed by atoms with Crippen LogP contribution >= 0.6 is 0 Å². The van der Waals surface area contributed by atoms with Crippen LogP contribution in [-0.2, 0) is 10.8 Å². The second-order valence-electron chi connectivity index (χ2n) is 5.21. The zero-order chi connectivity index (χ0) is 11.3. The molecule has 2 nitrogen and oxygen atoms in total. The van der Waals surface area contributed by atoms with E-state index in [1.54, 1.807) is 0 Å². The van der Waals surface area contributed by atoms with Gasteiger partial charge in [0.05, 0.1) is 6.07 Å². The summed E-state index contributed by atoms with van der Waals surface area (Å²) < 4.78 is 11.9. The summed E-state index contributed by atoms with van der Waals surface area (Å²) in [6.45, 7) is 4.59. The molecule has 0 aliphatic heterocycles. The Morgan fingerprint density at radius 3 is 2.53 bits per heavy atom. The monoisotopic (exact) mass is 227 g/mol. The molecule has 0 N–H and O–H groups in total.